The van der Waals surface area contributed by atoms with Crippen molar-refractivity contribution in [3.63, 3.8) is 0 Å². The molecule has 0 saturated carbocycles. The van der Waals surface area contributed by atoms with Crippen LogP contribution in [-0.4, -0.2) is 46.7 Å². The fraction of sp³-hybridized carbons (Fsp3) is 0.667. The Morgan fingerprint density at radius 3 is 2.33 bits per heavy atom. The average Bonchev–Trinajstić information content (AvgIpc) is 2.40. The highest BCUT2D eigenvalue weighted by Crippen LogP contribution is 2.28. The summed E-state index contributed by atoms with van der Waals surface area (Å²) in [6.07, 6.45) is 0.533. The SMILES string of the molecule is CC1(C)CC(O)CC(C)(C)[NH+]1C[C@H](O)COc1ccc(Cl)cc1Cl. The standard InChI is InChI=1S/C18H27Cl2NO3/c1-17(2)8-13(22)9-18(3,4)21(17)10-14(23)11-24-16-6-5-12(19)7-15(16)20/h5-7,13-14,22-23H,8-11H2,1-4H3/p+1/t14-/m0/s1. The van der Waals surface area contributed by atoms with Crippen LogP contribution in [-0.2, 0) is 0 Å². The molecule has 0 aliphatic carbocycles. The highest BCUT2D eigenvalue weighted by Gasteiger charge is 2.49. The summed E-state index contributed by atoms with van der Waals surface area (Å²) in [5.41, 5.74) is -0.222. The van der Waals surface area contributed by atoms with Crippen molar-refractivity contribution in [1.29, 1.82) is 0 Å². The minimum atomic E-state index is -0.625. The summed E-state index contributed by atoms with van der Waals surface area (Å²) in [4.78, 5) is 1.28. The van der Waals surface area contributed by atoms with Gasteiger partial charge in [0.25, 0.3) is 0 Å². The number of piperidine rings is 1. The van der Waals surface area contributed by atoms with Gasteiger partial charge < -0.3 is 19.8 Å². The zero-order chi connectivity index (χ0) is 18.1. The molecule has 0 spiro atoms. The number of likely N-dealkylation sites (tertiary alicyclic amines) is 1. The van der Waals surface area contributed by atoms with E-state index in [2.05, 4.69) is 27.7 Å². The molecule has 24 heavy (non-hydrogen) atoms. The van der Waals surface area contributed by atoms with Crippen LogP contribution in [0.1, 0.15) is 40.5 Å². The molecule has 1 fully saturated rings. The Morgan fingerprint density at radius 2 is 1.79 bits per heavy atom. The van der Waals surface area contributed by atoms with Gasteiger partial charge >= 0.3 is 0 Å². The van der Waals surface area contributed by atoms with Crippen LogP contribution in [0.4, 0.5) is 0 Å². The van der Waals surface area contributed by atoms with Gasteiger partial charge in [0, 0.05) is 17.9 Å². The van der Waals surface area contributed by atoms with Gasteiger partial charge in [-0.05, 0) is 45.9 Å². The van der Waals surface area contributed by atoms with Crippen molar-refractivity contribution in [3.05, 3.63) is 28.2 Å². The second-order valence-electron chi connectivity index (χ2n) is 8.05. The summed E-state index contributed by atoms with van der Waals surface area (Å²) < 4.78 is 5.65. The lowest BCUT2D eigenvalue weighted by molar-refractivity contribution is -1.00. The lowest BCUT2D eigenvalue weighted by Gasteiger charge is -2.51. The lowest BCUT2D eigenvalue weighted by Crippen LogP contribution is -3.27. The highest BCUT2D eigenvalue weighted by molar-refractivity contribution is 6.35. The molecule has 1 aliphatic heterocycles. The van der Waals surface area contributed by atoms with Gasteiger partial charge in [0.15, 0.2) is 0 Å². The van der Waals surface area contributed by atoms with Crippen LogP contribution < -0.4 is 9.64 Å². The molecule has 0 radical (unpaired) electrons. The molecule has 1 aromatic carbocycles. The molecule has 6 heteroatoms. The summed E-state index contributed by atoms with van der Waals surface area (Å²) in [6, 6.07) is 5.03. The Kier molecular flexibility index (Phi) is 6.09. The third-order valence-electron chi connectivity index (χ3n) is 4.89. The number of aliphatic hydroxyl groups excluding tert-OH is 2. The number of hydrogen-bond donors (Lipinski definition) is 3. The van der Waals surface area contributed by atoms with Gasteiger partial charge in [-0.15, -0.1) is 0 Å². The molecule has 136 valence electrons. The van der Waals surface area contributed by atoms with E-state index in [-0.39, 0.29) is 23.8 Å². The molecule has 1 saturated heterocycles. The van der Waals surface area contributed by atoms with Crippen LogP contribution >= 0.6 is 23.2 Å². The van der Waals surface area contributed by atoms with Crippen molar-refractivity contribution >= 4 is 23.2 Å². The van der Waals surface area contributed by atoms with Gasteiger partial charge in [0.1, 0.15) is 25.0 Å². The maximum atomic E-state index is 10.5. The maximum Gasteiger partial charge on any atom is 0.138 e. The molecule has 4 nitrogen and oxygen atoms in total. The first-order valence-corrected chi connectivity index (χ1v) is 9.07. The zero-order valence-electron chi connectivity index (χ0n) is 14.8. The lowest BCUT2D eigenvalue weighted by atomic mass is 9.78. The van der Waals surface area contributed by atoms with Crippen molar-refractivity contribution in [3.8, 4) is 5.75 Å². The first-order chi connectivity index (χ1) is 11.0. The average molecular weight is 377 g/mol. The van der Waals surface area contributed by atoms with Gasteiger partial charge in [-0.2, -0.15) is 0 Å². The van der Waals surface area contributed by atoms with Crippen molar-refractivity contribution < 1.29 is 19.8 Å². The van der Waals surface area contributed by atoms with Gasteiger partial charge in [-0.3, -0.25) is 0 Å². The number of rotatable bonds is 5. The van der Waals surface area contributed by atoms with E-state index < -0.39 is 6.10 Å². The van der Waals surface area contributed by atoms with Gasteiger partial charge in [-0.25, -0.2) is 0 Å². The first kappa shape index (κ1) is 19.8. The number of halogens is 2. The fourth-order valence-electron chi connectivity index (χ4n) is 4.04. The minimum Gasteiger partial charge on any atom is -0.489 e. The summed E-state index contributed by atoms with van der Waals surface area (Å²) in [5, 5.41) is 21.6. The molecule has 1 aliphatic rings. The molecule has 0 amide bonds. The number of benzene rings is 1. The Morgan fingerprint density at radius 1 is 1.21 bits per heavy atom. The number of hydrogen-bond acceptors (Lipinski definition) is 3. The molecule has 3 N–H and O–H groups in total. The van der Waals surface area contributed by atoms with Crippen LogP contribution in [0.5, 0.6) is 5.75 Å². The Labute approximate surface area is 154 Å². The largest absolute Gasteiger partial charge is 0.489 e. The molecule has 1 atom stereocenters. The van der Waals surface area contributed by atoms with Crippen LogP contribution in [0.2, 0.25) is 10.0 Å². The molecule has 2 rings (SSSR count). The second kappa shape index (κ2) is 7.38. The first-order valence-electron chi connectivity index (χ1n) is 8.32. The topological polar surface area (TPSA) is 54.1 Å². The van der Waals surface area contributed by atoms with Crippen LogP contribution in [0.3, 0.4) is 0 Å². The van der Waals surface area contributed by atoms with Gasteiger partial charge in [-0.1, -0.05) is 23.2 Å². The van der Waals surface area contributed by atoms with E-state index in [1.54, 1.807) is 18.2 Å². The smallest absolute Gasteiger partial charge is 0.138 e. The van der Waals surface area contributed by atoms with E-state index in [9.17, 15) is 10.2 Å². The maximum absolute atomic E-state index is 10.5. The minimum absolute atomic E-state index is 0.111. The van der Waals surface area contributed by atoms with E-state index >= 15 is 0 Å². The summed E-state index contributed by atoms with van der Waals surface area (Å²) >= 11 is 12.0. The van der Waals surface area contributed by atoms with Crippen molar-refractivity contribution in [2.75, 3.05) is 13.2 Å². The summed E-state index contributed by atoms with van der Waals surface area (Å²) in [7, 11) is 0. The van der Waals surface area contributed by atoms with E-state index in [1.807, 2.05) is 0 Å². The third kappa shape index (κ3) is 4.77. The number of aliphatic hydroxyl groups is 2. The molecule has 0 aromatic heterocycles. The highest BCUT2D eigenvalue weighted by atomic mass is 35.5. The molecule has 1 aromatic rings. The normalized spacial score (nSPS) is 26.8. The second-order valence-corrected chi connectivity index (χ2v) is 8.90. The number of nitrogens with one attached hydrogen (secondary N) is 1. The molecular weight excluding hydrogens is 349 g/mol. The van der Waals surface area contributed by atoms with E-state index in [0.29, 0.717) is 22.3 Å². The molecular formula is C18H28Cl2NO3+. The molecule has 1 heterocycles. The molecule has 0 bridgehead atoms. The summed E-state index contributed by atoms with van der Waals surface area (Å²) in [6.45, 7) is 9.26. The Hall–Kier alpha value is -0.520. The fourth-order valence-corrected chi connectivity index (χ4v) is 4.50. The van der Waals surface area contributed by atoms with E-state index in [4.69, 9.17) is 27.9 Å². The van der Waals surface area contributed by atoms with Crippen molar-refractivity contribution in [2.24, 2.45) is 0 Å². The van der Waals surface area contributed by atoms with Crippen molar-refractivity contribution in [1.82, 2.24) is 0 Å². The predicted molar refractivity (Wildman–Crippen MR) is 97.2 cm³/mol. The van der Waals surface area contributed by atoms with E-state index in [0.717, 1.165) is 12.8 Å². The Bertz CT molecular complexity index is 559. The number of quaternary nitrogens is 1. The van der Waals surface area contributed by atoms with Crippen LogP contribution in [0, 0.1) is 0 Å². The molecule has 0 unspecified atom stereocenters. The van der Waals surface area contributed by atoms with E-state index in [1.165, 1.54) is 4.90 Å². The third-order valence-corrected chi connectivity index (χ3v) is 5.42. The Balaban J connectivity index is 1.99. The predicted octanol–water partition coefficient (Wildman–Crippen LogP) is 2.33. The monoisotopic (exact) mass is 376 g/mol. The van der Waals surface area contributed by atoms with Crippen LogP contribution in [0.15, 0.2) is 18.2 Å². The van der Waals surface area contributed by atoms with Crippen LogP contribution in [0.25, 0.3) is 0 Å². The van der Waals surface area contributed by atoms with Crippen molar-refractivity contribution in [2.45, 2.75) is 63.8 Å². The number of ether oxygens (including phenoxy) is 1. The summed E-state index contributed by atoms with van der Waals surface area (Å²) in [5.74, 6) is 0.516. The quantitative estimate of drug-likeness (QED) is 0.738. The van der Waals surface area contributed by atoms with Gasteiger partial charge in [0.05, 0.1) is 22.2 Å². The van der Waals surface area contributed by atoms with Gasteiger partial charge in [0.2, 0.25) is 0 Å². The zero-order valence-corrected chi connectivity index (χ0v) is 16.3.